The van der Waals surface area contributed by atoms with E-state index in [1.54, 1.807) is 16.2 Å². The van der Waals surface area contributed by atoms with Gasteiger partial charge in [0.1, 0.15) is 16.6 Å². The van der Waals surface area contributed by atoms with Gasteiger partial charge in [-0.1, -0.05) is 51.8 Å². The molecule has 12 nitrogen and oxygen atoms in total. The minimum absolute atomic E-state index is 0.0000974. The van der Waals surface area contributed by atoms with Gasteiger partial charge in [-0.3, -0.25) is 19.0 Å². The molecule has 1 saturated carbocycles. The predicted octanol–water partition coefficient (Wildman–Crippen LogP) is 6.57. The Bertz CT molecular complexity index is 2020. The quantitative estimate of drug-likeness (QED) is 0.254. The van der Waals surface area contributed by atoms with E-state index in [2.05, 4.69) is 61.4 Å². The molecule has 6 rings (SSSR count). The lowest BCUT2D eigenvalue weighted by molar-refractivity contribution is -0.141. The molecule has 3 aliphatic rings. The van der Waals surface area contributed by atoms with E-state index in [4.69, 9.17) is 14.7 Å². The molecule has 4 heterocycles. The highest BCUT2D eigenvalue weighted by atomic mass is 32.2. The molecular formula is C39H54N6O6S2. The van der Waals surface area contributed by atoms with Gasteiger partial charge in [-0.05, 0) is 69.9 Å². The Kier molecular flexibility index (Phi) is 11.2. The molecular weight excluding hydrogens is 713 g/mol. The second-order valence-corrected chi connectivity index (χ2v) is 18.7. The van der Waals surface area contributed by atoms with Crippen LogP contribution in [-0.4, -0.2) is 82.5 Å². The molecule has 288 valence electrons. The van der Waals surface area contributed by atoms with Gasteiger partial charge in [0.2, 0.25) is 11.8 Å². The molecule has 53 heavy (non-hydrogen) atoms. The highest BCUT2D eigenvalue weighted by Crippen LogP contribution is 2.57. The van der Waals surface area contributed by atoms with E-state index in [0.717, 1.165) is 62.9 Å². The van der Waals surface area contributed by atoms with E-state index in [1.807, 2.05) is 19.1 Å². The van der Waals surface area contributed by atoms with Gasteiger partial charge in [0.15, 0.2) is 5.78 Å². The molecule has 3 aromatic rings. The number of fused-ring (bicyclic) bond motifs is 3. The van der Waals surface area contributed by atoms with Crippen LogP contribution in [0.1, 0.15) is 109 Å². The maximum atomic E-state index is 14.4. The number of hydrogen-bond donors (Lipinski definition) is 1. The number of nitrogens with zero attached hydrogens (tertiary/aromatic N) is 5. The Labute approximate surface area is 317 Å². The number of ether oxygens (including phenoxy) is 1. The van der Waals surface area contributed by atoms with Crippen LogP contribution in [0.2, 0.25) is 0 Å². The lowest BCUT2D eigenvalue weighted by atomic mass is 9.91. The minimum Gasteiger partial charge on any atom is -0.459 e. The van der Waals surface area contributed by atoms with Crippen LogP contribution in [0.4, 0.5) is 0 Å². The number of aryl methyl sites for hydroxylation is 1. The number of Topliss-reactive ketones (excluding diaryl/α,β-unsaturated/α-hetero) is 1. The largest absolute Gasteiger partial charge is 0.459 e. The lowest BCUT2D eigenvalue weighted by Gasteiger charge is -2.27. The van der Waals surface area contributed by atoms with Gasteiger partial charge in [-0.2, -0.15) is 17.7 Å². The Morgan fingerprint density at radius 2 is 1.87 bits per heavy atom. The molecule has 2 fully saturated rings. The molecule has 2 aliphatic heterocycles. The summed E-state index contributed by atoms with van der Waals surface area (Å²) in [6, 6.07) is 3.74. The first-order valence-electron chi connectivity index (χ1n) is 18.9. The number of benzene rings is 1. The smallest absolute Gasteiger partial charge is 0.303 e. The number of ketones is 1. The zero-order valence-electron chi connectivity index (χ0n) is 32.2. The minimum atomic E-state index is -4.07. The Balaban J connectivity index is 1.33. The molecule has 1 aromatic carbocycles. The Morgan fingerprint density at radius 3 is 2.55 bits per heavy atom. The first-order valence-corrected chi connectivity index (χ1v) is 21.2. The standard InChI is InChI=1S/C39H54N6O6S2/c1-23(2)29-22-52-35(40-29)33-25(5)16-17-30-34(33)41-38(45(30)24(3)4)51-28-18-31-32(46)20-39(37(48)42-53(49,50)43(7)8)19-27(39)15-13-11-9-10-12-14-26(6)36(47)44(31)21-28/h13,15-17,22-24,26-28,31H,9-12,14,18-21H2,1-8H3,(H,42,48)/b15-13-/t26-,27+,28+,31-,39+/m0/s1. The number of amides is 2. The summed E-state index contributed by atoms with van der Waals surface area (Å²) >= 11 is 1.60. The van der Waals surface area contributed by atoms with Gasteiger partial charge in [0, 0.05) is 49.8 Å². The Hall–Kier alpha value is -3.62. The zero-order valence-corrected chi connectivity index (χ0v) is 33.8. The molecule has 5 atom stereocenters. The zero-order chi connectivity index (χ0) is 38.4. The third-order valence-electron chi connectivity index (χ3n) is 11.1. The average molecular weight is 767 g/mol. The van der Waals surface area contributed by atoms with Crippen molar-refractivity contribution in [3.05, 3.63) is 40.9 Å². The summed E-state index contributed by atoms with van der Waals surface area (Å²) < 4.78 is 37.3. The highest BCUT2D eigenvalue weighted by molar-refractivity contribution is 7.87. The average Bonchev–Trinajstić information content (AvgIpc) is 3.44. The molecule has 1 saturated heterocycles. The van der Waals surface area contributed by atoms with Crippen molar-refractivity contribution in [2.24, 2.45) is 17.3 Å². The van der Waals surface area contributed by atoms with Gasteiger partial charge in [0.25, 0.3) is 6.01 Å². The highest BCUT2D eigenvalue weighted by Gasteiger charge is 2.61. The van der Waals surface area contributed by atoms with E-state index in [0.29, 0.717) is 24.8 Å². The van der Waals surface area contributed by atoms with E-state index < -0.39 is 33.7 Å². The van der Waals surface area contributed by atoms with E-state index in [1.165, 1.54) is 14.1 Å². The molecule has 0 spiro atoms. The molecule has 1 aliphatic carbocycles. The fourth-order valence-corrected chi connectivity index (χ4v) is 9.48. The maximum absolute atomic E-state index is 14.4. The number of hydrogen-bond acceptors (Lipinski definition) is 9. The number of carbonyl (C=O) groups excluding carboxylic acids is 3. The van der Waals surface area contributed by atoms with Crippen LogP contribution in [0.25, 0.3) is 21.6 Å². The number of rotatable bonds is 8. The third kappa shape index (κ3) is 7.82. The van der Waals surface area contributed by atoms with Crippen molar-refractivity contribution in [2.75, 3.05) is 20.6 Å². The molecule has 0 bridgehead atoms. The second-order valence-electron chi connectivity index (χ2n) is 16.0. The van der Waals surface area contributed by atoms with Crippen LogP contribution >= 0.6 is 11.3 Å². The van der Waals surface area contributed by atoms with E-state index in [-0.39, 0.29) is 49.0 Å². The predicted molar refractivity (Wildman–Crippen MR) is 207 cm³/mol. The van der Waals surface area contributed by atoms with Crippen molar-refractivity contribution in [2.45, 2.75) is 117 Å². The van der Waals surface area contributed by atoms with Gasteiger partial charge in [-0.25, -0.2) is 9.71 Å². The second kappa shape index (κ2) is 15.3. The molecule has 1 N–H and O–H groups in total. The van der Waals surface area contributed by atoms with Crippen LogP contribution in [0, 0.1) is 24.2 Å². The monoisotopic (exact) mass is 766 g/mol. The van der Waals surface area contributed by atoms with Gasteiger partial charge in [-0.15, -0.1) is 11.3 Å². The van der Waals surface area contributed by atoms with Crippen LogP contribution < -0.4 is 9.46 Å². The number of carbonyl (C=O) groups is 3. The normalized spacial score (nSPS) is 26.4. The van der Waals surface area contributed by atoms with Crippen LogP contribution in [0.15, 0.2) is 29.7 Å². The molecule has 14 heteroatoms. The SMILES string of the molecule is Cc1ccc2c(nc(O[C@@H]3C[C@H]4C(=O)C[C@]5(C(=O)NS(=O)(=O)N(C)C)C[C@H]5/C=C\CCCCC[C@H](C)C(=O)N4C3)n2C(C)C)c1-c1nc(C(C)C)cs1. The number of aromatic nitrogens is 3. The number of thiazole rings is 1. The topological polar surface area (TPSA) is 144 Å². The molecule has 2 amide bonds. The molecule has 0 unspecified atom stereocenters. The van der Waals surface area contributed by atoms with Crippen LogP contribution in [0.5, 0.6) is 6.01 Å². The van der Waals surface area contributed by atoms with Gasteiger partial charge < -0.3 is 9.64 Å². The van der Waals surface area contributed by atoms with Crippen LogP contribution in [0.3, 0.4) is 0 Å². The number of allylic oxidation sites excluding steroid dienone is 2. The van der Waals surface area contributed by atoms with Crippen molar-refractivity contribution in [3.8, 4) is 16.6 Å². The van der Waals surface area contributed by atoms with E-state index in [9.17, 15) is 22.8 Å². The maximum Gasteiger partial charge on any atom is 0.303 e. The summed E-state index contributed by atoms with van der Waals surface area (Å²) in [5.74, 6) is -1.33. The fourth-order valence-electron chi connectivity index (χ4n) is 7.77. The first kappa shape index (κ1) is 39.1. The summed E-state index contributed by atoms with van der Waals surface area (Å²) in [6.07, 6.45) is 8.22. The summed E-state index contributed by atoms with van der Waals surface area (Å²) in [6.45, 7) is 12.6. The van der Waals surface area contributed by atoms with Crippen molar-refractivity contribution in [1.29, 1.82) is 0 Å². The van der Waals surface area contributed by atoms with Crippen molar-refractivity contribution < 1.29 is 27.5 Å². The summed E-state index contributed by atoms with van der Waals surface area (Å²) in [4.78, 5) is 53.9. The van der Waals surface area contributed by atoms with Crippen LogP contribution in [-0.2, 0) is 24.6 Å². The lowest BCUT2D eigenvalue weighted by Crippen LogP contribution is -2.47. The molecule has 0 radical (unpaired) electrons. The van der Waals surface area contributed by atoms with Crippen molar-refractivity contribution >= 4 is 50.2 Å². The van der Waals surface area contributed by atoms with Gasteiger partial charge >= 0.3 is 10.2 Å². The first-order chi connectivity index (χ1) is 25.0. The Morgan fingerprint density at radius 1 is 1.11 bits per heavy atom. The summed E-state index contributed by atoms with van der Waals surface area (Å²) in [5.41, 5.74) is 3.56. The molecule has 2 aromatic heterocycles. The summed E-state index contributed by atoms with van der Waals surface area (Å²) in [5, 5.41) is 3.00. The fraction of sp³-hybridized carbons (Fsp3) is 0.615. The third-order valence-corrected chi connectivity index (χ3v) is 13.4. The van der Waals surface area contributed by atoms with Crippen molar-refractivity contribution in [1.82, 2.24) is 28.5 Å². The van der Waals surface area contributed by atoms with E-state index >= 15 is 0 Å². The number of nitrogens with one attached hydrogen (secondary N) is 1. The van der Waals surface area contributed by atoms with Crippen molar-refractivity contribution in [3.63, 3.8) is 0 Å². The number of imidazole rings is 1. The summed E-state index contributed by atoms with van der Waals surface area (Å²) in [7, 11) is -1.37. The van der Waals surface area contributed by atoms with Gasteiger partial charge in [0.05, 0.1) is 29.2 Å².